The molecule has 7 nitrogen and oxygen atoms in total. The summed E-state index contributed by atoms with van der Waals surface area (Å²) in [5.41, 5.74) is 2.07. The van der Waals surface area contributed by atoms with Crippen LogP contribution in [0.5, 0.6) is 11.5 Å². The highest BCUT2D eigenvalue weighted by Gasteiger charge is 2.16. The summed E-state index contributed by atoms with van der Waals surface area (Å²) >= 11 is 0. The zero-order chi connectivity index (χ0) is 17.1. The van der Waals surface area contributed by atoms with Crippen molar-refractivity contribution in [2.75, 3.05) is 7.11 Å². The number of nitrogens with one attached hydrogen (secondary N) is 1. The van der Waals surface area contributed by atoms with Crippen molar-refractivity contribution in [1.29, 1.82) is 0 Å². The largest absolute Gasteiger partial charge is 0.497 e. The number of benzene rings is 1. The maximum Gasteiger partial charge on any atom is 0.175 e. The third-order valence-electron chi connectivity index (χ3n) is 3.77. The Kier molecular flexibility index (Phi) is 4.50. The predicted octanol–water partition coefficient (Wildman–Crippen LogP) is 2.81. The van der Waals surface area contributed by atoms with E-state index in [0.29, 0.717) is 18.3 Å². The molecule has 0 fully saturated rings. The third-order valence-corrected chi connectivity index (χ3v) is 3.77. The molecule has 1 aromatic carbocycles. The van der Waals surface area contributed by atoms with Gasteiger partial charge in [-0.15, -0.1) is 0 Å². The van der Waals surface area contributed by atoms with Crippen LogP contribution in [0.1, 0.15) is 36.0 Å². The Bertz CT molecular complexity index is 807. The first-order chi connectivity index (χ1) is 11.6. The van der Waals surface area contributed by atoms with E-state index < -0.39 is 0 Å². The number of H-pyrrole nitrogens is 1. The van der Waals surface area contributed by atoms with Crippen molar-refractivity contribution in [3.8, 4) is 11.5 Å². The van der Waals surface area contributed by atoms with Gasteiger partial charge in [-0.1, -0.05) is 0 Å². The van der Waals surface area contributed by atoms with Crippen molar-refractivity contribution in [2.45, 2.75) is 33.4 Å². The van der Waals surface area contributed by atoms with Gasteiger partial charge in [-0.2, -0.15) is 10.2 Å². The molecule has 0 saturated carbocycles. The average molecular weight is 327 g/mol. The molecule has 3 rings (SSSR count). The van der Waals surface area contributed by atoms with E-state index in [0.717, 1.165) is 22.9 Å². The van der Waals surface area contributed by atoms with Gasteiger partial charge in [0.25, 0.3) is 0 Å². The molecule has 1 N–H and O–H groups in total. The van der Waals surface area contributed by atoms with Crippen LogP contribution in [0.25, 0.3) is 0 Å². The smallest absolute Gasteiger partial charge is 0.175 e. The second kappa shape index (κ2) is 6.74. The summed E-state index contributed by atoms with van der Waals surface area (Å²) < 4.78 is 12.8. The summed E-state index contributed by atoms with van der Waals surface area (Å²) in [6.07, 6.45) is 0. The van der Waals surface area contributed by atoms with E-state index in [4.69, 9.17) is 9.47 Å². The molecular formula is C17H21N5O2. The molecule has 1 atom stereocenters. The molecule has 0 bridgehead atoms. The Labute approximate surface area is 140 Å². The molecule has 0 aliphatic heterocycles. The van der Waals surface area contributed by atoms with Crippen LogP contribution in [0, 0.1) is 13.8 Å². The van der Waals surface area contributed by atoms with Gasteiger partial charge in [0.05, 0.1) is 12.8 Å². The number of hydrogen-bond donors (Lipinski definition) is 1. The minimum absolute atomic E-state index is 0.0373. The van der Waals surface area contributed by atoms with Gasteiger partial charge in [0.1, 0.15) is 24.1 Å². The lowest BCUT2D eigenvalue weighted by Gasteiger charge is -2.10. The first-order valence-corrected chi connectivity index (χ1v) is 7.77. The number of aromatic amines is 1. The van der Waals surface area contributed by atoms with Crippen LogP contribution in [0.4, 0.5) is 0 Å². The molecule has 126 valence electrons. The number of hydrogen-bond acceptors (Lipinski definition) is 5. The van der Waals surface area contributed by atoms with E-state index in [1.807, 2.05) is 55.8 Å². The second-order valence-corrected chi connectivity index (χ2v) is 5.65. The zero-order valence-corrected chi connectivity index (χ0v) is 14.3. The number of methoxy groups -OCH3 is 1. The minimum Gasteiger partial charge on any atom is -0.497 e. The van der Waals surface area contributed by atoms with Gasteiger partial charge in [-0.25, -0.2) is 4.98 Å². The molecule has 0 amide bonds. The van der Waals surface area contributed by atoms with E-state index >= 15 is 0 Å². The fourth-order valence-electron chi connectivity index (χ4n) is 2.53. The Morgan fingerprint density at radius 2 is 1.88 bits per heavy atom. The van der Waals surface area contributed by atoms with Gasteiger partial charge in [-0.05, 0) is 51.1 Å². The number of ether oxygens (including phenoxy) is 2. The van der Waals surface area contributed by atoms with Crippen LogP contribution in [0.15, 0.2) is 30.3 Å². The lowest BCUT2D eigenvalue weighted by Crippen LogP contribution is -2.12. The van der Waals surface area contributed by atoms with Gasteiger partial charge in [0.2, 0.25) is 0 Å². The van der Waals surface area contributed by atoms with E-state index in [-0.39, 0.29) is 6.04 Å². The van der Waals surface area contributed by atoms with Crippen molar-refractivity contribution in [3.63, 3.8) is 0 Å². The lowest BCUT2D eigenvalue weighted by molar-refractivity contribution is 0.295. The maximum atomic E-state index is 5.71. The number of aryl methyl sites for hydroxylation is 2. The van der Waals surface area contributed by atoms with Crippen LogP contribution in [0.3, 0.4) is 0 Å². The van der Waals surface area contributed by atoms with Crippen LogP contribution >= 0.6 is 0 Å². The van der Waals surface area contributed by atoms with Gasteiger partial charge >= 0.3 is 0 Å². The molecule has 0 unspecified atom stereocenters. The van der Waals surface area contributed by atoms with Gasteiger partial charge in [0, 0.05) is 5.69 Å². The highest BCUT2D eigenvalue weighted by molar-refractivity contribution is 5.31. The Morgan fingerprint density at radius 1 is 1.17 bits per heavy atom. The number of rotatable bonds is 6. The van der Waals surface area contributed by atoms with Crippen molar-refractivity contribution in [3.05, 3.63) is 53.4 Å². The van der Waals surface area contributed by atoms with Gasteiger partial charge < -0.3 is 9.47 Å². The first kappa shape index (κ1) is 16.0. The fourth-order valence-corrected chi connectivity index (χ4v) is 2.53. The summed E-state index contributed by atoms with van der Waals surface area (Å²) in [6, 6.07) is 9.42. The standard InChI is InChI=1S/C17H21N5O2/c1-11-9-12(2)22(21-11)13(3)17-18-16(19-20-17)10-24-15-7-5-14(23-4)6-8-15/h5-9,13H,10H2,1-4H3,(H,18,19,20)/t13-/m1/s1. The summed E-state index contributed by atoms with van der Waals surface area (Å²) in [5, 5.41) is 11.7. The van der Waals surface area contributed by atoms with Gasteiger partial charge in [-0.3, -0.25) is 9.78 Å². The summed E-state index contributed by atoms with van der Waals surface area (Å²) in [5.74, 6) is 2.91. The Morgan fingerprint density at radius 3 is 2.50 bits per heavy atom. The Balaban J connectivity index is 1.65. The number of nitrogens with zero attached hydrogens (tertiary/aromatic N) is 4. The van der Waals surface area contributed by atoms with E-state index in [2.05, 4.69) is 20.3 Å². The zero-order valence-electron chi connectivity index (χ0n) is 14.3. The molecule has 24 heavy (non-hydrogen) atoms. The molecule has 0 saturated heterocycles. The monoisotopic (exact) mass is 327 g/mol. The van der Waals surface area contributed by atoms with Crippen molar-refractivity contribution in [1.82, 2.24) is 25.0 Å². The van der Waals surface area contributed by atoms with E-state index in [1.165, 1.54) is 0 Å². The summed E-state index contributed by atoms with van der Waals surface area (Å²) in [7, 11) is 1.63. The fraction of sp³-hybridized carbons (Fsp3) is 0.353. The first-order valence-electron chi connectivity index (χ1n) is 7.77. The highest BCUT2D eigenvalue weighted by atomic mass is 16.5. The normalized spacial score (nSPS) is 12.2. The number of aromatic nitrogens is 5. The van der Waals surface area contributed by atoms with Crippen molar-refractivity contribution >= 4 is 0 Å². The second-order valence-electron chi connectivity index (χ2n) is 5.65. The van der Waals surface area contributed by atoms with Crippen LogP contribution in [-0.4, -0.2) is 32.1 Å². The molecule has 0 radical (unpaired) electrons. The van der Waals surface area contributed by atoms with Crippen molar-refractivity contribution < 1.29 is 9.47 Å². The van der Waals surface area contributed by atoms with Crippen molar-refractivity contribution in [2.24, 2.45) is 0 Å². The topological polar surface area (TPSA) is 77.8 Å². The molecule has 2 aromatic heterocycles. The van der Waals surface area contributed by atoms with Gasteiger partial charge in [0.15, 0.2) is 11.6 Å². The molecule has 0 aliphatic rings. The SMILES string of the molecule is COc1ccc(OCc2nc([C@@H](C)n3nc(C)cc3C)n[nH]2)cc1. The van der Waals surface area contributed by atoms with Crippen LogP contribution < -0.4 is 9.47 Å². The summed E-state index contributed by atoms with van der Waals surface area (Å²) in [6.45, 7) is 6.35. The maximum absolute atomic E-state index is 5.71. The van der Waals surface area contributed by atoms with Crippen LogP contribution in [0.2, 0.25) is 0 Å². The lowest BCUT2D eigenvalue weighted by atomic mass is 10.3. The molecule has 3 aromatic rings. The summed E-state index contributed by atoms with van der Waals surface area (Å²) in [4.78, 5) is 4.51. The van der Waals surface area contributed by atoms with E-state index in [9.17, 15) is 0 Å². The quantitative estimate of drug-likeness (QED) is 0.753. The predicted molar refractivity (Wildman–Crippen MR) is 89.2 cm³/mol. The Hall–Kier alpha value is -2.83. The molecule has 0 aliphatic carbocycles. The molecular weight excluding hydrogens is 306 g/mol. The average Bonchev–Trinajstić information content (AvgIpc) is 3.19. The third kappa shape index (κ3) is 3.40. The minimum atomic E-state index is -0.0373. The molecule has 2 heterocycles. The molecule has 0 spiro atoms. The van der Waals surface area contributed by atoms with Crippen LogP contribution in [-0.2, 0) is 6.61 Å². The highest BCUT2D eigenvalue weighted by Crippen LogP contribution is 2.19. The molecule has 7 heteroatoms. The van der Waals surface area contributed by atoms with E-state index in [1.54, 1.807) is 7.11 Å².